The van der Waals surface area contributed by atoms with Crippen LogP contribution in [-0.4, -0.2) is 184 Å². The summed E-state index contributed by atoms with van der Waals surface area (Å²) in [6.07, 6.45) is 0. The number of aliphatic hydroxyl groups is 8. The number of likely N-dealkylation sites (N-methyl/N-ethyl adjacent to an activating group) is 1. The van der Waals surface area contributed by atoms with Crippen LogP contribution in [0.25, 0.3) is 0 Å². The number of nitrogens with zero attached hydrogens (tertiary/aromatic N) is 3. The number of hydrogen-bond acceptors (Lipinski definition) is 11. The van der Waals surface area contributed by atoms with E-state index in [2.05, 4.69) is 0 Å². The molecule has 0 bridgehead atoms. The average molecular weight is 615 g/mol. The van der Waals surface area contributed by atoms with Crippen LogP contribution < -0.4 is 0 Å². The SMILES string of the molecule is CN(CCO)CCO.O.O.O.OCCN(CCO)CCO.OCCN(CCO)CCO.[Ti].[Ti].[Ti]. The van der Waals surface area contributed by atoms with Crippen LogP contribution >= 0.6 is 0 Å². The van der Waals surface area contributed by atoms with Gasteiger partial charge in [0, 0.05) is 118 Å². The summed E-state index contributed by atoms with van der Waals surface area (Å²) in [7, 11) is 1.85. The summed E-state index contributed by atoms with van der Waals surface area (Å²) in [5.41, 5.74) is 0. The predicted octanol–water partition coefficient (Wildman–Crippen LogP) is -7.05. The van der Waals surface area contributed by atoms with E-state index in [-0.39, 0.29) is 134 Å². The molecule has 0 spiro atoms. The Balaban J connectivity index is -0.0000000364. The van der Waals surface area contributed by atoms with Crippen LogP contribution in [0.15, 0.2) is 0 Å². The molecule has 14 N–H and O–H groups in total. The Labute approximate surface area is 248 Å². The Morgan fingerprint density at radius 2 is 0.500 bits per heavy atom. The van der Waals surface area contributed by atoms with Gasteiger partial charge in [0.05, 0.1) is 52.9 Å². The molecule has 0 heterocycles. The molecule has 0 saturated heterocycles. The quantitative estimate of drug-likeness (QED) is 0.0756. The third-order valence-corrected chi connectivity index (χ3v) is 3.46. The van der Waals surface area contributed by atoms with Gasteiger partial charge in [-0.15, -0.1) is 0 Å². The van der Waals surface area contributed by atoms with Crippen molar-refractivity contribution in [1.29, 1.82) is 0 Å². The van der Waals surface area contributed by atoms with Gasteiger partial charge < -0.3 is 62.2 Å². The second-order valence-corrected chi connectivity index (χ2v) is 5.78. The van der Waals surface area contributed by atoms with Crippen LogP contribution in [-0.2, 0) is 65.2 Å². The van der Waals surface area contributed by atoms with Crippen LogP contribution in [0.1, 0.15) is 0 Å². The molecule has 0 rings (SSSR count). The fraction of sp³-hybridized carbons (Fsp3) is 1.00. The summed E-state index contributed by atoms with van der Waals surface area (Å²) in [6.45, 7) is 5.11. The standard InChI is InChI=1S/2C6H15NO3.C5H13NO2.3H2O.3Ti/c2*8-4-1-7(2-5-9)3-6-10;1-6(2-4-7)3-5-8;;;;;;/h2*8-10H,1-6H2;7-8H,2-5H2,1H3;3*1H2;;;. The Hall–Kier alpha value is 1.58. The zero-order chi connectivity index (χ0) is 22.0. The van der Waals surface area contributed by atoms with Gasteiger partial charge in [0.2, 0.25) is 0 Å². The molecule has 0 aliphatic heterocycles. The fourth-order valence-corrected chi connectivity index (χ4v) is 1.97. The van der Waals surface area contributed by atoms with Crippen molar-refractivity contribution in [1.82, 2.24) is 14.7 Å². The van der Waals surface area contributed by atoms with Crippen molar-refractivity contribution < 1.29 is 122 Å². The number of rotatable bonds is 16. The van der Waals surface area contributed by atoms with Crippen LogP contribution in [0, 0.1) is 0 Å². The van der Waals surface area contributed by atoms with E-state index in [1.54, 1.807) is 9.80 Å². The van der Waals surface area contributed by atoms with Crippen molar-refractivity contribution in [3.8, 4) is 0 Å². The summed E-state index contributed by atoms with van der Waals surface area (Å²) in [6, 6.07) is 0. The minimum atomic E-state index is 0. The van der Waals surface area contributed by atoms with Gasteiger partial charge in [-0.2, -0.15) is 0 Å². The third kappa shape index (κ3) is 54.5. The molecule has 0 unspecified atom stereocenters. The van der Waals surface area contributed by atoms with Gasteiger partial charge in [-0.05, 0) is 7.05 Å². The van der Waals surface area contributed by atoms with Crippen molar-refractivity contribution in [2.75, 3.05) is 112 Å². The Morgan fingerprint density at radius 1 is 0.353 bits per heavy atom. The Morgan fingerprint density at radius 3 is 0.618 bits per heavy atom. The molecule has 0 aliphatic carbocycles. The summed E-state index contributed by atoms with van der Waals surface area (Å²) in [5.74, 6) is 0. The van der Waals surface area contributed by atoms with Crippen molar-refractivity contribution in [3.05, 3.63) is 0 Å². The second kappa shape index (κ2) is 55.2. The van der Waals surface area contributed by atoms with Crippen molar-refractivity contribution in [3.63, 3.8) is 0 Å². The molecule has 0 amide bonds. The minimum Gasteiger partial charge on any atom is -0.412 e. The second-order valence-electron chi connectivity index (χ2n) is 5.78. The van der Waals surface area contributed by atoms with Gasteiger partial charge in [-0.3, -0.25) is 9.80 Å². The topological polar surface area (TPSA) is 266 Å². The molecule has 0 aromatic heterocycles. The number of hydrogen-bond donors (Lipinski definition) is 8. The molecule has 0 aliphatic rings. The maximum Gasteiger partial charge on any atom is 0.0558 e. The van der Waals surface area contributed by atoms with Gasteiger partial charge in [-0.25, -0.2) is 0 Å². The first-order valence-corrected chi connectivity index (χ1v) is 9.51. The van der Waals surface area contributed by atoms with E-state index in [1.165, 1.54) is 0 Å². The maximum atomic E-state index is 8.48. The summed E-state index contributed by atoms with van der Waals surface area (Å²) in [5, 5.41) is 67.6. The van der Waals surface area contributed by atoms with Gasteiger partial charge in [0.25, 0.3) is 0 Å². The first-order valence-electron chi connectivity index (χ1n) is 9.51. The molecular weight excluding hydrogens is 566 g/mol. The predicted molar refractivity (Wildman–Crippen MR) is 118 cm³/mol. The van der Waals surface area contributed by atoms with E-state index >= 15 is 0 Å². The van der Waals surface area contributed by atoms with Gasteiger partial charge in [0.15, 0.2) is 0 Å². The summed E-state index contributed by atoms with van der Waals surface area (Å²) in [4.78, 5) is 5.44. The number of aliphatic hydroxyl groups excluding tert-OH is 8. The molecular formula is C17H49N3O11Ti3. The first kappa shape index (κ1) is 60.2. The summed E-state index contributed by atoms with van der Waals surface area (Å²) < 4.78 is 0. The van der Waals surface area contributed by atoms with Crippen molar-refractivity contribution >= 4 is 0 Å². The van der Waals surface area contributed by atoms with Crippen LogP contribution in [0.4, 0.5) is 0 Å². The molecule has 0 atom stereocenters. The minimum absolute atomic E-state index is 0. The summed E-state index contributed by atoms with van der Waals surface area (Å²) >= 11 is 0. The average Bonchev–Trinajstić information content (AvgIpc) is 2.65. The molecule has 0 fully saturated rings. The molecule has 17 heteroatoms. The molecule has 0 saturated carbocycles. The zero-order valence-corrected chi connectivity index (χ0v) is 24.9. The van der Waals surface area contributed by atoms with E-state index in [1.807, 2.05) is 11.9 Å². The van der Waals surface area contributed by atoms with E-state index < -0.39 is 0 Å². The van der Waals surface area contributed by atoms with Gasteiger partial charge >= 0.3 is 0 Å². The smallest absolute Gasteiger partial charge is 0.0558 e. The van der Waals surface area contributed by atoms with Crippen molar-refractivity contribution in [2.24, 2.45) is 0 Å². The van der Waals surface area contributed by atoms with E-state index in [4.69, 9.17) is 40.9 Å². The third-order valence-electron chi connectivity index (χ3n) is 3.46. The zero-order valence-electron chi connectivity index (χ0n) is 20.2. The molecule has 210 valence electrons. The van der Waals surface area contributed by atoms with Gasteiger partial charge in [-0.1, -0.05) is 0 Å². The molecule has 0 radical (unpaired) electrons. The van der Waals surface area contributed by atoms with Crippen LogP contribution in [0.5, 0.6) is 0 Å². The van der Waals surface area contributed by atoms with Crippen LogP contribution in [0.3, 0.4) is 0 Å². The first-order chi connectivity index (χ1) is 13.5. The largest absolute Gasteiger partial charge is 0.412 e. The molecule has 34 heavy (non-hydrogen) atoms. The normalized spacial score (nSPS) is 8.82. The van der Waals surface area contributed by atoms with E-state index in [0.717, 1.165) is 0 Å². The molecule has 0 aromatic rings. The fourth-order valence-electron chi connectivity index (χ4n) is 1.97. The Kier molecular flexibility index (Phi) is 97.8. The van der Waals surface area contributed by atoms with E-state index in [0.29, 0.717) is 52.4 Å². The molecule has 0 aromatic carbocycles. The van der Waals surface area contributed by atoms with Crippen molar-refractivity contribution in [2.45, 2.75) is 0 Å². The maximum absolute atomic E-state index is 8.48. The van der Waals surface area contributed by atoms with E-state index in [9.17, 15) is 0 Å². The van der Waals surface area contributed by atoms with Crippen LogP contribution in [0.2, 0.25) is 0 Å². The van der Waals surface area contributed by atoms with Gasteiger partial charge in [0.1, 0.15) is 0 Å². The Bertz CT molecular complexity index is 236. The monoisotopic (exact) mass is 615 g/mol. The molecule has 14 nitrogen and oxygen atoms in total.